The van der Waals surface area contributed by atoms with Crippen molar-refractivity contribution >= 4 is 0 Å². The van der Waals surface area contributed by atoms with Crippen LogP contribution in [0.25, 0.3) is 0 Å². The summed E-state index contributed by atoms with van der Waals surface area (Å²) in [4.78, 5) is 0. The van der Waals surface area contributed by atoms with E-state index in [2.05, 4.69) is 20.8 Å². The molecular weight excluding hydrogens is 198 g/mol. The number of ether oxygens (including phenoxy) is 1. The Labute approximate surface area is 101 Å². The van der Waals surface area contributed by atoms with Crippen LogP contribution in [0.2, 0.25) is 0 Å². The summed E-state index contributed by atoms with van der Waals surface area (Å²) in [6, 6.07) is 0. The Morgan fingerprint density at radius 1 is 1.19 bits per heavy atom. The zero-order chi connectivity index (χ0) is 12.1. The molecule has 1 aliphatic heterocycles. The molecule has 0 saturated carbocycles. The van der Waals surface area contributed by atoms with Crippen molar-refractivity contribution < 1.29 is 4.74 Å². The summed E-state index contributed by atoms with van der Waals surface area (Å²) in [5.41, 5.74) is 6.32. The largest absolute Gasteiger partial charge is 0.376 e. The lowest BCUT2D eigenvalue weighted by molar-refractivity contribution is -0.109. The smallest absolute Gasteiger partial charge is 0.0631 e. The van der Waals surface area contributed by atoms with E-state index in [1.54, 1.807) is 0 Å². The second-order valence-corrected chi connectivity index (χ2v) is 6.03. The molecule has 0 spiro atoms. The van der Waals surface area contributed by atoms with Gasteiger partial charge >= 0.3 is 0 Å². The van der Waals surface area contributed by atoms with Crippen LogP contribution in [0.15, 0.2) is 0 Å². The standard InChI is InChI=1S/C14H29NO/c1-4-5-6-7-14(8-10-15)9-11-16-13(2,3)12-14/h4-12,15H2,1-3H3/t14-/m1/s1. The van der Waals surface area contributed by atoms with E-state index in [9.17, 15) is 0 Å². The van der Waals surface area contributed by atoms with Crippen LogP contribution in [0.4, 0.5) is 0 Å². The monoisotopic (exact) mass is 227 g/mol. The van der Waals surface area contributed by atoms with Crippen molar-refractivity contribution in [2.24, 2.45) is 11.1 Å². The Kier molecular flexibility index (Phi) is 5.26. The topological polar surface area (TPSA) is 35.2 Å². The van der Waals surface area contributed by atoms with Crippen LogP contribution in [-0.2, 0) is 4.74 Å². The van der Waals surface area contributed by atoms with Gasteiger partial charge in [0, 0.05) is 6.61 Å². The molecule has 0 unspecified atom stereocenters. The average molecular weight is 227 g/mol. The van der Waals surface area contributed by atoms with E-state index in [-0.39, 0.29) is 5.60 Å². The molecule has 1 rings (SSSR count). The molecule has 1 heterocycles. The van der Waals surface area contributed by atoms with Crippen molar-refractivity contribution in [3.8, 4) is 0 Å². The third-order valence-corrected chi connectivity index (χ3v) is 3.91. The molecule has 2 N–H and O–H groups in total. The van der Waals surface area contributed by atoms with E-state index in [0.29, 0.717) is 5.41 Å². The number of rotatable bonds is 6. The van der Waals surface area contributed by atoms with E-state index >= 15 is 0 Å². The molecule has 2 nitrogen and oxygen atoms in total. The number of hydrogen-bond acceptors (Lipinski definition) is 2. The second kappa shape index (κ2) is 6.02. The summed E-state index contributed by atoms with van der Waals surface area (Å²) in [6.07, 6.45) is 8.91. The first-order valence-electron chi connectivity index (χ1n) is 6.88. The van der Waals surface area contributed by atoms with Gasteiger partial charge in [-0.3, -0.25) is 0 Å². The molecule has 0 radical (unpaired) electrons. The first-order valence-corrected chi connectivity index (χ1v) is 6.88. The van der Waals surface area contributed by atoms with Crippen molar-refractivity contribution in [1.29, 1.82) is 0 Å². The van der Waals surface area contributed by atoms with Gasteiger partial charge in [-0.05, 0) is 51.5 Å². The predicted octanol–water partition coefficient (Wildman–Crippen LogP) is 3.49. The Morgan fingerprint density at radius 3 is 2.50 bits per heavy atom. The van der Waals surface area contributed by atoms with Crippen LogP contribution in [0.1, 0.15) is 65.7 Å². The van der Waals surface area contributed by atoms with Crippen molar-refractivity contribution in [3.63, 3.8) is 0 Å². The molecule has 0 aromatic carbocycles. The lowest BCUT2D eigenvalue weighted by atomic mass is 9.69. The van der Waals surface area contributed by atoms with Crippen molar-refractivity contribution in [1.82, 2.24) is 0 Å². The van der Waals surface area contributed by atoms with Gasteiger partial charge in [0.25, 0.3) is 0 Å². The predicted molar refractivity (Wildman–Crippen MR) is 69.5 cm³/mol. The molecule has 1 aliphatic rings. The summed E-state index contributed by atoms with van der Waals surface area (Å²) >= 11 is 0. The maximum absolute atomic E-state index is 5.83. The van der Waals surface area contributed by atoms with Gasteiger partial charge < -0.3 is 10.5 Å². The van der Waals surface area contributed by atoms with Crippen LogP contribution in [0, 0.1) is 5.41 Å². The average Bonchev–Trinajstić information content (AvgIpc) is 2.17. The lowest BCUT2D eigenvalue weighted by Gasteiger charge is -2.45. The minimum absolute atomic E-state index is 0.0552. The SMILES string of the molecule is CCCCC[C@@]1(CCN)CCOC(C)(C)C1. The molecular formula is C14H29NO. The summed E-state index contributed by atoms with van der Waals surface area (Å²) in [6.45, 7) is 8.44. The molecule has 1 atom stereocenters. The maximum Gasteiger partial charge on any atom is 0.0631 e. The van der Waals surface area contributed by atoms with Crippen LogP contribution in [0.3, 0.4) is 0 Å². The molecule has 1 fully saturated rings. The van der Waals surface area contributed by atoms with Gasteiger partial charge in [-0.2, -0.15) is 0 Å². The van der Waals surface area contributed by atoms with Crippen molar-refractivity contribution in [3.05, 3.63) is 0 Å². The molecule has 0 aromatic heterocycles. The summed E-state index contributed by atoms with van der Waals surface area (Å²) in [5.74, 6) is 0. The van der Waals surface area contributed by atoms with Crippen LogP contribution in [0.5, 0.6) is 0 Å². The summed E-state index contributed by atoms with van der Waals surface area (Å²) in [7, 11) is 0. The van der Waals surface area contributed by atoms with E-state index in [1.807, 2.05) is 0 Å². The molecule has 2 heteroatoms. The minimum atomic E-state index is 0.0552. The lowest BCUT2D eigenvalue weighted by Crippen LogP contribution is -2.42. The first-order chi connectivity index (χ1) is 7.54. The Hall–Kier alpha value is -0.0800. The zero-order valence-corrected chi connectivity index (χ0v) is 11.3. The molecule has 96 valence electrons. The fourth-order valence-corrected chi connectivity index (χ4v) is 3.19. The van der Waals surface area contributed by atoms with Gasteiger partial charge in [0.2, 0.25) is 0 Å². The number of nitrogens with two attached hydrogens (primary N) is 1. The highest BCUT2D eigenvalue weighted by atomic mass is 16.5. The third kappa shape index (κ3) is 4.06. The van der Waals surface area contributed by atoms with Gasteiger partial charge in [0.1, 0.15) is 0 Å². The highest BCUT2D eigenvalue weighted by Crippen LogP contribution is 2.44. The van der Waals surface area contributed by atoms with E-state index in [1.165, 1.54) is 44.9 Å². The second-order valence-electron chi connectivity index (χ2n) is 6.03. The van der Waals surface area contributed by atoms with Crippen molar-refractivity contribution in [2.45, 2.75) is 71.3 Å². The molecule has 0 aliphatic carbocycles. The zero-order valence-electron chi connectivity index (χ0n) is 11.3. The molecule has 0 amide bonds. The van der Waals surface area contributed by atoms with Gasteiger partial charge in [-0.1, -0.05) is 26.2 Å². The fourth-order valence-electron chi connectivity index (χ4n) is 3.19. The number of unbranched alkanes of at least 4 members (excludes halogenated alkanes) is 2. The van der Waals surface area contributed by atoms with Gasteiger partial charge in [0.15, 0.2) is 0 Å². The molecule has 1 saturated heterocycles. The van der Waals surface area contributed by atoms with Gasteiger partial charge in [0.05, 0.1) is 5.60 Å². The molecule has 0 aromatic rings. The third-order valence-electron chi connectivity index (χ3n) is 3.91. The van der Waals surface area contributed by atoms with Gasteiger partial charge in [-0.25, -0.2) is 0 Å². The van der Waals surface area contributed by atoms with E-state index < -0.39 is 0 Å². The van der Waals surface area contributed by atoms with Crippen LogP contribution in [-0.4, -0.2) is 18.8 Å². The van der Waals surface area contributed by atoms with Crippen LogP contribution >= 0.6 is 0 Å². The maximum atomic E-state index is 5.83. The normalized spacial score (nSPS) is 29.2. The Balaban J connectivity index is 2.56. The minimum Gasteiger partial charge on any atom is -0.376 e. The highest BCUT2D eigenvalue weighted by molar-refractivity contribution is 4.90. The summed E-state index contributed by atoms with van der Waals surface area (Å²) < 4.78 is 5.83. The fraction of sp³-hybridized carbons (Fsp3) is 1.00. The van der Waals surface area contributed by atoms with Crippen molar-refractivity contribution in [2.75, 3.05) is 13.2 Å². The quantitative estimate of drug-likeness (QED) is 0.705. The first kappa shape index (κ1) is 14.0. The summed E-state index contributed by atoms with van der Waals surface area (Å²) in [5, 5.41) is 0. The van der Waals surface area contributed by atoms with Gasteiger partial charge in [-0.15, -0.1) is 0 Å². The Morgan fingerprint density at radius 2 is 1.94 bits per heavy atom. The highest BCUT2D eigenvalue weighted by Gasteiger charge is 2.39. The van der Waals surface area contributed by atoms with Crippen LogP contribution < -0.4 is 5.73 Å². The molecule has 16 heavy (non-hydrogen) atoms. The number of hydrogen-bond donors (Lipinski definition) is 1. The van der Waals surface area contributed by atoms with E-state index in [0.717, 1.165) is 13.2 Å². The Bertz CT molecular complexity index is 199. The van der Waals surface area contributed by atoms with E-state index in [4.69, 9.17) is 10.5 Å². The molecule has 0 bridgehead atoms.